The van der Waals surface area contributed by atoms with E-state index in [-0.39, 0.29) is 5.91 Å². The number of nitrogens with one attached hydrogen (secondary N) is 1. The van der Waals surface area contributed by atoms with Crippen molar-refractivity contribution < 1.29 is 4.79 Å². The number of unbranched alkanes of at least 4 members (excludes halogenated alkanes) is 4. The number of hydrogen-bond acceptors (Lipinski definition) is 1. The summed E-state index contributed by atoms with van der Waals surface area (Å²) in [5.74, 6) is -0.0299. The molecular weight excluding hydrogens is 246 g/mol. The Labute approximate surface area is 114 Å². The summed E-state index contributed by atoms with van der Waals surface area (Å²) in [5, 5.41) is 3.55. The SMILES string of the molecule is C=CCCCCCCNC(=O)c1ccc(Cl)cc1. The molecule has 98 valence electrons. The van der Waals surface area contributed by atoms with E-state index >= 15 is 0 Å². The van der Waals surface area contributed by atoms with Crippen LogP contribution in [0.15, 0.2) is 36.9 Å². The van der Waals surface area contributed by atoms with Gasteiger partial charge in [-0.3, -0.25) is 4.79 Å². The number of rotatable bonds is 8. The van der Waals surface area contributed by atoms with Gasteiger partial charge in [0.2, 0.25) is 0 Å². The minimum Gasteiger partial charge on any atom is -0.352 e. The molecule has 2 nitrogen and oxygen atoms in total. The van der Waals surface area contributed by atoms with Crippen molar-refractivity contribution in [3.8, 4) is 0 Å². The minimum absolute atomic E-state index is 0.0299. The highest BCUT2D eigenvalue weighted by atomic mass is 35.5. The highest BCUT2D eigenvalue weighted by Gasteiger charge is 2.03. The third-order valence-corrected chi connectivity index (χ3v) is 2.98. The Morgan fingerprint density at radius 3 is 2.50 bits per heavy atom. The van der Waals surface area contributed by atoms with Gasteiger partial charge in [0.15, 0.2) is 0 Å². The first-order chi connectivity index (χ1) is 8.74. The van der Waals surface area contributed by atoms with Gasteiger partial charge in [-0.05, 0) is 43.5 Å². The highest BCUT2D eigenvalue weighted by Crippen LogP contribution is 2.09. The van der Waals surface area contributed by atoms with Gasteiger partial charge >= 0.3 is 0 Å². The van der Waals surface area contributed by atoms with Gasteiger partial charge in [-0.25, -0.2) is 0 Å². The van der Waals surface area contributed by atoms with Crippen LogP contribution in [0.25, 0.3) is 0 Å². The average Bonchev–Trinajstić information content (AvgIpc) is 2.38. The predicted molar refractivity (Wildman–Crippen MR) is 77.1 cm³/mol. The number of carbonyl (C=O) groups excluding carboxylic acids is 1. The van der Waals surface area contributed by atoms with Crippen LogP contribution >= 0.6 is 11.6 Å². The van der Waals surface area contributed by atoms with Crippen molar-refractivity contribution in [1.29, 1.82) is 0 Å². The van der Waals surface area contributed by atoms with Crippen molar-refractivity contribution in [2.24, 2.45) is 0 Å². The van der Waals surface area contributed by atoms with Gasteiger partial charge in [0.05, 0.1) is 0 Å². The molecule has 1 aromatic rings. The van der Waals surface area contributed by atoms with Crippen LogP contribution in [0.1, 0.15) is 42.5 Å². The number of benzene rings is 1. The number of halogens is 1. The Morgan fingerprint density at radius 1 is 1.17 bits per heavy atom. The zero-order valence-electron chi connectivity index (χ0n) is 10.6. The molecule has 18 heavy (non-hydrogen) atoms. The van der Waals surface area contributed by atoms with E-state index in [1.807, 2.05) is 6.08 Å². The van der Waals surface area contributed by atoms with Crippen LogP contribution in [0.3, 0.4) is 0 Å². The molecule has 0 radical (unpaired) electrons. The molecule has 0 unspecified atom stereocenters. The van der Waals surface area contributed by atoms with E-state index < -0.39 is 0 Å². The molecule has 0 aromatic heterocycles. The molecular formula is C15H20ClNO. The molecule has 1 rings (SSSR count). The van der Waals surface area contributed by atoms with Crippen LogP contribution < -0.4 is 5.32 Å². The zero-order chi connectivity index (χ0) is 13.2. The molecule has 1 N–H and O–H groups in total. The number of carbonyl (C=O) groups is 1. The molecule has 0 aliphatic heterocycles. The number of hydrogen-bond donors (Lipinski definition) is 1. The highest BCUT2D eigenvalue weighted by molar-refractivity contribution is 6.30. The van der Waals surface area contributed by atoms with Gasteiger partial charge in [0.25, 0.3) is 5.91 Å². The standard InChI is InChI=1S/C15H20ClNO/c1-2-3-4-5-6-7-12-17-15(18)13-8-10-14(16)11-9-13/h2,8-11H,1,3-7,12H2,(H,17,18). The maximum atomic E-state index is 11.7. The molecule has 0 fully saturated rings. The lowest BCUT2D eigenvalue weighted by atomic mass is 10.1. The van der Waals surface area contributed by atoms with E-state index in [1.54, 1.807) is 24.3 Å². The quantitative estimate of drug-likeness (QED) is 0.554. The Kier molecular flexibility index (Phi) is 7.19. The molecule has 1 aromatic carbocycles. The maximum absolute atomic E-state index is 11.7. The predicted octanol–water partition coefficient (Wildman–Crippen LogP) is 4.21. The van der Waals surface area contributed by atoms with E-state index in [0.29, 0.717) is 10.6 Å². The van der Waals surface area contributed by atoms with Gasteiger partial charge < -0.3 is 5.32 Å². The van der Waals surface area contributed by atoms with Crippen LogP contribution in [-0.2, 0) is 0 Å². The second-order valence-electron chi connectivity index (χ2n) is 4.25. The number of amides is 1. The van der Waals surface area contributed by atoms with Gasteiger partial charge in [0, 0.05) is 17.1 Å². The third kappa shape index (κ3) is 5.87. The molecule has 0 saturated carbocycles. The molecule has 0 saturated heterocycles. The third-order valence-electron chi connectivity index (χ3n) is 2.73. The lowest BCUT2D eigenvalue weighted by Crippen LogP contribution is -2.24. The van der Waals surface area contributed by atoms with Crippen LogP contribution in [0.2, 0.25) is 5.02 Å². The summed E-state index contributed by atoms with van der Waals surface area (Å²) in [6, 6.07) is 6.93. The summed E-state index contributed by atoms with van der Waals surface area (Å²) in [7, 11) is 0. The van der Waals surface area contributed by atoms with E-state index in [1.165, 1.54) is 12.8 Å². The maximum Gasteiger partial charge on any atom is 0.251 e. The Bertz CT molecular complexity index is 373. The minimum atomic E-state index is -0.0299. The zero-order valence-corrected chi connectivity index (χ0v) is 11.4. The summed E-state index contributed by atoms with van der Waals surface area (Å²) >= 11 is 5.76. The monoisotopic (exact) mass is 265 g/mol. The molecule has 0 spiro atoms. The normalized spacial score (nSPS) is 10.1. The van der Waals surface area contributed by atoms with Crippen LogP contribution in [-0.4, -0.2) is 12.5 Å². The fraction of sp³-hybridized carbons (Fsp3) is 0.400. The Morgan fingerprint density at radius 2 is 1.83 bits per heavy atom. The van der Waals surface area contributed by atoms with Crippen molar-refractivity contribution in [1.82, 2.24) is 5.32 Å². The van der Waals surface area contributed by atoms with E-state index in [9.17, 15) is 4.79 Å². The Balaban J connectivity index is 2.13. The second kappa shape index (κ2) is 8.76. The first-order valence-electron chi connectivity index (χ1n) is 6.38. The first kappa shape index (κ1) is 14.8. The summed E-state index contributed by atoms with van der Waals surface area (Å²) in [5.41, 5.74) is 0.658. The van der Waals surface area contributed by atoms with Gasteiger partial charge in [-0.2, -0.15) is 0 Å². The topological polar surface area (TPSA) is 29.1 Å². The summed E-state index contributed by atoms with van der Waals surface area (Å²) in [4.78, 5) is 11.7. The molecule has 3 heteroatoms. The van der Waals surface area contributed by atoms with Crippen LogP contribution in [0, 0.1) is 0 Å². The second-order valence-corrected chi connectivity index (χ2v) is 4.69. The largest absolute Gasteiger partial charge is 0.352 e. The summed E-state index contributed by atoms with van der Waals surface area (Å²) in [6.45, 7) is 4.42. The number of allylic oxidation sites excluding steroid dienone is 1. The molecule has 0 bridgehead atoms. The molecule has 0 atom stereocenters. The lowest BCUT2D eigenvalue weighted by Gasteiger charge is -2.05. The van der Waals surface area contributed by atoms with E-state index in [2.05, 4.69) is 11.9 Å². The van der Waals surface area contributed by atoms with Crippen molar-refractivity contribution in [2.75, 3.05) is 6.54 Å². The van der Waals surface area contributed by atoms with E-state index in [4.69, 9.17) is 11.6 Å². The van der Waals surface area contributed by atoms with E-state index in [0.717, 1.165) is 25.8 Å². The Hall–Kier alpha value is -1.28. The van der Waals surface area contributed by atoms with Gasteiger partial charge in [-0.1, -0.05) is 30.5 Å². The summed E-state index contributed by atoms with van der Waals surface area (Å²) in [6.07, 6.45) is 7.59. The van der Waals surface area contributed by atoms with Crippen LogP contribution in [0.5, 0.6) is 0 Å². The van der Waals surface area contributed by atoms with Crippen LogP contribution in [0.4, 0.5) is 0 Å². The smallest absolute Gasteiger partial charge is 0.251 e. The summed E-state index contributed by atoms with van der Waals surface area (Å²) < 4.78 is 0. The molecule has 0 aliphatic carbocycles. The van der Waals surface area contributed by atoms with Crippen molar-refractivity contribution in [3.05, 3.63) is 47.5 Å². The molecule has 1 amide bonds. The van der Waals surface area contributed by atoms with Gasteiger partial charge in [-0.15, -0.1) is 6.58 Å². The average molecular weight is 266 g/mol. The van der Waals surface area contributed by atoms with Crippen molar-refractivity contribution >= 4 is 17.5 Å². The fourth-order valence-electron chi connectivity index (χ4n) is 1.67. The van der Waals surface area contributed by atoms with Gasteiger partial charge in [0.1, 0.15) is 0 Å². The van der Waals surface area contributed by atoms with Crippen molar-refractivity contribution in [2.45, 2.75) is 32.1 Å². The lowest BCUT2D eigenvalue weighted by molar-refractivity contribution is 0.0953. The van der Waals surface area contributed by atoms with Crippen molar-refractivity contribution in [3.63, 3.8) is 0 Å². The molecule has 0 aliphatic rings. The fourth-order valence-corrected chi connectivity index (χ4v) is 1.80. The molecule has 0 heterocycles. The first-order valence-corrected chi connectivity index (χ1v) is 6.76.